The Kier molecular flexibility index (Phi) is 6.58. The summed E-state index contributed by atoms with van der Waals surface area (Å²) in [5.41, 5.74) is 2.50. The standard InChI is InChI=1S/C21H21ClN4O4/c22-18-4-2-1-3-17(18)20-24-21(30-25-20)29-14-19(27)23-16-7-5-15(6-8-16)13-26-9-11-28-12-10-26/h1-8H,9-14H2,(H,23,27). The van der Waals surface area contributed by atoms with Gasteiger partial charge in [-0.15, -0.1) is 0 Å². The smallest absolute Gasteiger partial charge is 0.418 e. The van der Waals surface area contributed by atoms with E-state index in [1.165, 1.54) is 5.56 Å². The van der Waals surface area contributed by atoms with E-state index in [0.717, 1.165) is 32.8 Å². The summed E-state index contributed by atoms with van der Waals surface area (Å²) in [6.07, 6.45) is -0.0964. The van der Waals surface area contributed by atoms with Gasteiger partial charge in [-0.25, -0.2) is 0 Å². The molecule has 0 spiro atoms. The van der Waals surface area contributed by atoms with Gasteiger partial charge in [0.25, 0.3) is 5.91 Å². The topological polar surface area (TPSA) is 89.7 Å². The molecule has 156 valence electrons. The lowest BCUT2D eigenvalue weighted by atomic mass is 10.2. The minimum atomic E-state index is -0.326. The Morgan fingerprint density at radius 1 is 1.13 bits per heavy atom. The molecule has 1 saturated heterocycles. The SMILES string of the molecule is O=C(COc1nc(-c2ccccc2Cl)no1)Nc1ccc(CN2CCOCC2)cc1. The van der Waals surface area contributed by atoms with Crippen LogP contribution in [0.5, 0.6) is 6.08 Å². The van der Waals surface area contributed by atoms with Crippen molar-refractivity contribution < 1.29 is 18.8 Å². The van der Waals surface area contributed by atoms with E-state index in [0.29, 0.717) is 22.1 Å². The number of nitrogens with zero attached hydrogens (tertiary/aromatic N) is 3. The van der Waals surface area contributed by atoms with Crippen LogP contribution in [0, 0.1) is 0 Å². The number of hydrogen-bond donors (Lipinski definition) is 1. The lowest BCUT2D eigenvalue weighted by Crippen LogP contribution is -2.35. The molecule has 0 unspecified atom stereocenters. The number of amides is 1. The lowest BCUT2D eigenvalue weighted by molar-refractivity contribution is -0.118. The number of carbonyl (C=O) groups excluding carboxylic acids is 1. The fraction of sp³-hybridized carbons (Fsp3) is 0.286. The molecular formula is C21H21ClN4O4. The average Bonchev–Trinajstić information content (AvgIpc) is 3.24. The van der Waals surface area contributed by atoms with E-state index in [9.17, 15) is 4.79 Å². The van der Waals surface area contributed by atoms with Crippen LogP contribution in [0.3, 0.4) is 0 Å². The first-order chi connectivity index (χ1) is 14.7. The van der Waals surface area contributed by atoms with Crippen molar-refractivity contribution in [1.29, 1.82) is 0 Å². The lowest BCUT2D eigenvalue weighted by Gasteiger charge is -2.26. The van der Waals surface area contributed by atoms with Crippen LogP contribution in [0.4, 0.5) is 5.69 Å². The first-order valence-electron chi connectivity index (χ1n) is 9.58. The fourth-order valence-electron chi connectivity index (χ4n) is 3.06. The van der Waals surface area contributed by atoms with Crippen LogP contribution in [0.15, 0.2) is 53.1 Å². The Morgan fingerprint density at radius 2 is 1.90 bits per heavy atom. The molecular weight excluding hydrogens is 408 g/mol. The number of benzene rings is 2. The third kappa shape index (κ3) is 5.35. The number of rotatable bonds is 7. The van der Waals surface area contributed by atoms with Gasteiger partial charge in [-0.2, -0.15) is 4.98 Å². The van der Waals surface area contributed by atoms with Crippen molar-refractivity contribution in [2.24, 2.45) is 0 Å². The minimum absolute atomic E-state index is 0.0964. The summed E-state index contributed by atoms with van der Waals surface area (Å²) >= 11 is 6.12. The van der Waals surface area contributed by atoms with E-state index in [1.54, 1.807) is 12.1 Å². The maximum absolute atomic E-state index is 12.1. The van der Waals surface area contributed by atoms with Crippen molar-refractivity contribution in [3.63, 3.8) is 0 Å². The van der Waals surface area contributed by atoms with E-state index in [4.69, 9.17) is 25.6 Å². The molecule has 0 saturated carbocycles. The third-order valence-electron chi connectivity index (χ3n) is 4.60. The Morgan fingerprint density at radius 3 is 2.67 bits per heavy atom. The molecule has 0 atom stereocenters. The average molecular weight is 429 g/mol. The summed E-state index contributed by atoms with van der Waals surface area (Å²) in [5.74, 6) is -0.0275. The van der Waals surface area contributed by atoms with Crippen LogP contribution in [0.2, 0.25) is 5.02 Å². The van der Waals surface area contributed by atoms with Crippen LogP contribution in [-0.2, 0) is 16.1 Å². The van der Waals surface area contributed by atoms with Gasteiger partial charge in [0, 0.05) is 30.9 Å². The summed E-state index contributed by atoms with van der Waals surface area (Å²) in [4.78, 5) is 18.6. The number of morpholine rings is 1. The molecule has 30 heavy (non-hydrogen) atoms. The van der Waals surface area contributed by atoms with Crippen molar-refractivity contribution in [3.8, 4) is 17.5 Å². The van der Waals surface area contributed by atoms with Crippen molar-refractivity contribution in [2.75, 3.05) is 38.2 Å². The number of hydrogen-bond acceptors (Lipinski definition) is 7. The Balaban J connectivity index is 1.26. The van der Waals surface area contributed by atoms with Crippen molar-refractivity contribution >= 4 is 23.2 Å². The number of halogens is 1. The number of nitrogens with one attached hydrogen (secondary N) is 1. The van der Waals surface area contributed by atoms with E-state index in [1.807, 2.05) is 36.4 Å². The van der Waals surface area contributed by atoms with E-state index in [2.05, 4.69) is 20.4 Å². The zero-order chi connectivity index (χ0) is 20.8. The molecule has 1 amide bonds. The molecule has 4 rings (SSSR count). The Bertz CT molecular complexity index is 987. The molecule has 3 aromatic rings. The zero-order valence-electron chi connectivity index (χ0n) is 16.2. The van der Waals surface area contributed by atoms with Gasteiger partial charge < -0.3 is 14.8 Å². The van der Waals surface area contributed by atoms with Gasteiger partial charge in [0.2, 0.25) is 5.82 Å². The molecule has 1 N–H and O–H groups in total. The predicted molar refractivity (Wildman–Crippen MR) is 111 cm³/mol. The second kappa shape index (κ2) is 9.71. The normalized spacial score (nSPS) is 14.4. The van der Waals surface area contributed by atoms with Gasteiger partial charge in [0.15, 0.2) is 6.61 Å². The molecule has 2 heterocycles. The Labute approximate surface area is 178 Å². The molecule has 1 aromatic heterocycles. The molecule has 0 aliphatic carbocycles. The van der Waals surface area contributed by atoms with E-state index in [-0.39, 0.29) is 18.6 Å². The van der Waals surface area contributed by atoms with Crippen molar-refractivity contribution in [3.05, 3.63) is 59.1 Å². The minimum Gasteiger partial charge on any atom is -0.439 e. The van der Waals surface area contributed by atoms with Crippen molar-refractivity contribution in [1.82, 2.24) is 15.0 Å². The monoisotopic (exact) mass is 428 g/mol. The number of aromatic nitrogens is 2. The highest BCUT2D eigenvalue weighted by atomic mass is 35.5. The summed E-state index contributed by atoms with van der Waals surface area (Å²) in [7, 11) is 0. The molecule has 1 aliphatic heterocycles. The zero-order valence-corrected chi connectivity index (χ0v) is 17.0. The highest BCUT2D eigenvalue weighted by Gasteiger charge is 2.14. The predicted octanol–water partition coefficient (Wildman–Crippen LogP) is 3.24. The largest absolute Gasteiger partial charge is 0.439 e. The molecule has 0 radical (unpaired) electrons. The highest BCUT2D eigenvalue weighted by Crippen LogP contribution is 2.26. The highest BCUT2D eigenvalue weighted by molar-refractivity contribution is 6.33. The summed E-state index contributed by atoms with van der Waals surface area (Å²) in [6.45, 7) is 4.03. The van der Waals surface area contributed by atoms with Crippen molar-refractivity contribution in [2.45, 2.75) is 6.54 Å². The summed E-state index contributed by atoms with van der Waals surface area (Å²) in [6, 6.07) is 14.9. The van der Waals surface area contributed by atoms with Crippen LogP contribution >= 0.6 is 11.6 Å². The van der Waals surface area contributed by atoms with Gasteiger partial charge in [0.1, 0.15) is 0 Å². The second-order valence-corrected chi connectivity index (χ2v) is 7.19. The molecule has 8 nitrogen and oxygen atoms in total. The molecule has 1 fully saturated rings. The molecule has 9 heteroatoms. The third-order valence-corrected chi connectivity index (χ3v) is 4.93. The summed E-state index contributed by atoms with van der Waals surface area (Å²) < 4.78 is 15.7. The number of anilines is 1. The van der Waals surface area contributed by atoms with Gasteiger partial charge in [-0.1, -0.05) is 41.0 Å². The molecule has 1 aliphatic rings. The van der Waals surface area contributed by atoms with Crippen LogP contribution in [0.25, 0.3) is 11.4 Å². The Hall–Kier alpha value is -2.94. The fourth-order valence-corrected chi connectivity index (χ4v) is 3.28. The van der Waals surface area contributed by atoms with Crippen LogP contribution < -0.4 is 10.1 Å². The number of ether oxygens (including phenoxy) is 2. The van der Waals surface area contributed by atoms with Crippen LogP contribution in [0.1, 0.15) is 5.56 Å². The first kappa shape index (κ1) is 20.3. The second-order valence-electron chi connectivity index (χ2n) is 6.79. The maximum atomic E-state index is 12.1. The van der Waals surface area contributed by atoms with E-state index < -0.39 is 0 Å². The molecule has 2 aromatic carbocycles. The van der Waals surface area contributed by atoms with Crippen LogP contribution in [-0.4, -0.2) is 53.9 Å². The van der Waals surface area contributed by atoms with Gasteiger partial charge >= 0.3 is 6.08 Å². The maximum Gasteiger partial charge on any atom is 0.418 e. The molecule has 0 bridgehead atoms. The van der Waals surface area contributed by atoms with Gasteiger partial charge in [0.05, 0.1) is 18.2 Å². The first-order valence-corrected chi connectivity index (χ1v) is 9.95. The van der Waals surface area contributed by atoms with Gasteiger partial charge in [-0.05, 0) is 29.8 Å². The van der Waals surface area contributed by atoms with Gasteiger partial charge in [-0.3, -0.25) is 14.2 Å². The number of carbonyl (C=O) groups is 1. The van der Waals surface area contributed by atoms with E-state index >= 15 is 0 Å². The quantitative estimate of drug-likeness (QED) is 0.617. The summed E-state index contributed by atoms with van der Waals surface area (Å²) in [5, 5.41) is 7.11.